The molecule has 5 heteroatoms. The number of halogens is 1. The monoisotopic (exact) mass is 234 g/mol. The molecule has 78 valence electrons. The smallest absolute Gasteiger partial charge is 0.348 e. The van der Waals surface area contributed by atoms with E-state index >= 15 is 0 Å². The fraction of sp³-hybridized carbons (Fsp3) is 0.444. The SMILES string of the molecule is COC[C@H](C)OC(=O)c1ccc(Cl)s1. The first-order chi connectivity index (χ1) is 6.63. The third kappa shape index (κ3) is 3.29. The minimum atomic E-state index is -0.355. The van der Waals surface area contributed by atoms with Gasteiger partial charge in [0.25, 0.3) is 0 Å². The minimum Gasteiger partial charge on any atom is -0.456 e. The van der Waals surface area contributed by atoms with Gasteiger partial charge in [-0.25, -0.2) is 4.79 Å². The van der Waals surface area contributed by atoms with Crippen molar-refractivity contribution in [3.05, 3.63) is 21.3 Å². The number of rotatable bonds is 4. The maximum Gasteiger partial charge on any atom is 0.348 e. The predicted octanol–water partition coefficient (Wildman–Crippen LogP) is 2.59. The molecule has 0 saturated heterocycles. The summed E-state index contributed by atoms with van der Waals surface area (Å²) in [5, 5.41) is 0. The number of carbonyl (C=O) groups is 1. The fourth-order valence-corrected chi connectivity index (χ4v) is 1.86. The Bertz CT molecular complexity index is 311. The van der Waals surface area contributed by atoms with Crippen LogP contribution >= 0.6 is 22.9 Å². The second-order valence-electron chi connectivity index (χ2n) is 2.78. The number of hydrogen-bond donors (Lipinski definition) is 0. The zero-order valence-electron chi connectivity index (χ0n) is 7.95. The Hall–Kier alpha value is -0.580. The van der Waals surface area contributed by atoms with Gasteiger partial charge in [0.2, 0.25) is 0 Å². The van der Waals surface area contributed by atoms with E-state index in [1.807, 2.05) is 0 Å². The van der Waals surface area contributed by atoms with E-state index in [2.05, 4.69) is 0 Å². The maximum atomic E-state index is 11.4. The quantitative estimate of drug-likeness (QED) is 0.752. The Morgan fingerprint density at radius 1 is 1.64 bits per heavy atom. The summed E-state index contributed by atoms with van der Waals surface area (Å²) in [6, 6.07) is 3.32. The molecule has 0 bridgehead atoms. The third-order valence-electron chi connectivity index (χ3n) is 1.48. The van der Waals surface area contributed by atoms with Crippen molar-refractivity contribution in [1.29, 1.82) is 0 Å². The van der Waals surface area contributed by atoms with Gasteiger partial charge >= 0.3 is 5.97 Å². The molecule has 1 rings (SSSR count). The molecule has 0 radical (unpaired) electrons. The zero-order chi connectivity index (χ0) is 10.6. The van der Waals surface area contributed by atoms with E-state index in [-0.39, 0.29) is 12.1 Å². The van der Waals surface area contributed by atoms with Gasteiger partial charge in [-0.15, -0.1) is 11.3 Å². The Morgan fingerprint density at radius 2 is 2.36 bits per heavy atom. The van der Waals surface area contributed by atoms with E-state index in [4.69, 9.17) is 21.1 Å². The highest BCUT2D eigenvalue weighted by atomic mass is 35.5. The van der Waals surface area contributed by atoms with Crippen LogP contribution in [0.15, 0.2) is 12.1 Å². The summed E-state index contributed by atoms with van der Waals surface area (Å²) in [5.74, 6) is -0.355. The van der Waals surface area contributed by atoms with Gasteiger partial charge in [-0.2, -0.15) is 0 Å². The van der Waals surface area contributed by atoms with E-state index in [0.717, 1.165) is 0 Å². The third-order valence-corrected chi connectivity index (χ3v) is 2.70. The highest BCUT2D eigenvalue weighted by Gasteiger charge is 2.13. The van der Waals surface area contributed by atoms with Crippen LogP contribution in [0.5, 0.6) is 0 Å². The molecule has 1 aromatic rings. The zero-order valence-corrected chi connectivity index (χ0v) is 9.52. The molecule has 1 aromatic heterocycles. The van der Waals surface area contributed by atoms with Crippen molar-refractivity contribution >= 4 is 28.9 Å². The van der Waals surface area contributed by atoms with E-state index < -0.39 is 0 Å². The van der Waals surface area contributed by atoms with Crippen LogP contribution < -0.4 is 0 Å². The summed E-state index contributed by atoms with van der Waals surface area (Å²) >= 11 is 6.89. The largest absolute Gasteiger partial charge is 0.456 e. The Labute approximate surface area is 91.6 Å². The Kier molecular flexibility index (Phi) is 4.38. The molecule has 0 N–H and O–H groups in total. The number of thiophene rings is 1. The molecule has 0 saturated carbocycles. The number of hydrogen-bond acceptors (Lipinski definition) is 4. The van der Waals surface area contributed by atoms with Crippen molar-refractivity contribution in [3.8, 4) is 0 Å². The standard InChI is InChI=1S/C9H11ClO3S/c1-6(5-12-2)13-9(11)7-3-4-8(10)14-7/h3-4,6H,5H2,1-2H3/t6-/m0/s1. The average Bonchev–Trinajstić information content (AvgIpc) is 2.52. The molecular formula is C9H11ClO3S. The predicted molar refractivity (Wildman–Crippen MR) is 56.1 cm³/mol. The molecule has 1 heterocycles. The van der Waals surface area contributed by atoms with Crippen LogP contribution in [0.4, 0.5) is 0 Å². The molecule has 0 amide bonds. The van der Waals surface area contributed by atoms with Gasteiger partial charge in [0.1, 0.15) is 11.0 Å². The van der Waals surface area contributed by atoms with E-state index in [0.29, 0.717) is 15.8 Å². The summed E-state index contributed by atoms with van der Waals surface area (Å²) < 4.78 is 10.5. The molecule has 0 spiro atoms. The normalized spacial score (nSPS) is 12.5. The molecule has 0 aliphatic rings. The van der Waals surface area contributed by atoms with E-state index in [1.54, 1.807) is 26.2 Å². The van der Waals surface area contributed by atoms with Gasteiger partial charge < -0.3 is 9.47 Å². The molecule has 0 fully saturated rings. The van der Waals surface area contributed by atoms with Gasteiger partial charge in [-0.1, -0.05) is 11.6 Å². The average molecular weight is 235 g/mol. The van der Waals surface area contributed by atoms with Crippen molar-refractivity contribution < 1.29 is 14.3 Å². The second kappa shape index (κ2) is 5.34. The molecule has 0 aromatic carbocycles. The minimum absolute atomic E-state index is 0.242. The molecule has 14 heavy (non-hydrogen) atoms. The van der Waals surface area contributed by atoms with Crippen LogP contribution in [0.1, 0.15) is 16.6 Å². The summed E-state index contributed by atoms with van der Waals surface area (Å²) in [6.45, 7) is 2.17. The number of carbonyl (C=O) groups excluding carboxylic acids is 1. The van der Waals surface area contributed by atoms with E-state index in [9.17, 15) is 4.79 Å². The highest BCUT2D eigenvalue weighted by Crippen LogP contribution is 2.22. The van der Waals surface area contributed by atoms with Crippen molar-refractivity contribution in [3.63, 3.8) is 0 Å². The topological polar surface area (TPSA) is 35.5 Å². The van der Waals surface area contributed by atoms with Gasteiger partial charge in [0.15, 0.2) is 0 Å². The molecule has 0 unspecified atom stereocenters. The van der Waals surface area contributed by atoms with Crippen molar-refractivity contribution in [2.24, 2.45) is 0 Å². The van der Waals surface area contributed by atoms with Crippen LogP contribution in [0.25, 0.3) is 0 Å². The number of esters is 1. The first-order valence-electron chi connectivity index (χ1n) is 4.08. The highest BCUT2D eigenvalue weighted by molar-refractivity contribution is 7.17. The summed E-state index contributed by atoms with van der Waals surface area (Å²) in [7, 11) is 1.56. The summed E-state index contributed by atoms with van der Waals surface area (Å²) in [4.78, 5) is 11.9. The summed E-state index contributed by atoms with van der Waals surface area (Å²) in [6.07, 6.45) is -0.242. The van der Waals surface area contributed by atoms with Crippen molar-refractivity contribution in [1.82, 2.24) is 0 Å². The van der Waals surface area contributed by atoms with Crippen LogP contribution in [0.2, 0.25) is 4.34 Å². The Morgan fingerprint density at radius 3 is 2.86 bits per heavy atom. The van der Waals surface area contributed by atoms with Crippen molar-refractivity contribution in [2.45, 2.75) is 13.0 Å². The lowest BCUT2D eigenvalue weighted by Gasteiger charge is -2.10. The second-order valence-corrected chi connectivity index (χ2v) is 4.49. The van der Waals surface area contributed by atoms with Gasteiger partial charge in [-0.05, 0) is 19.1 Å². The van der Waals surface area contributed by atoms with E-state index in [1.165, 1.54) is 11.3 Å². The van der Waals surface area contributed by atoms with Gasteiger partial charge in [-0.3, -0.25) is 0 Å². The lowest BCUT2D eigenvalue weighted by atomic mass is 10.4. The van der Waals surface area contributed by atoms with Crippen LogP contribution in [0, 0.1) is 0 Å². The summed E-state index contributed by atoms with van der Waals surface area (Å²) in [5.41, 5.74) is 0. The molecule has 0 aliphatic carbocycles. The van der Waals surface area contributed by atoms with Crippen LogP contribution in [-0.4, -0.2) is 25.8 Å². The fourth-order valence-electron chi connectivity index (χ4n) is 0.934. The van der Waals surface area contributed by atoms with Gasteiger partial charge in [0, 0.05) is 7.11 Å². The molecule has 0 aliphatic heterocycles. The maximum absolute atomic E-state index is 11.4. The molecular weight excluding hydrogens is 224 g/mol. The first kappa shape index (κ1) is 11.5. The number of ether oxygens (including phenoxy) is 2. The number of methoxy groups -OCH3 is 1. The lowest BCUT2D eigenvalue weighted by molar-refractivity contribution is 0.0125. The lowest BCUT2D eigenvalue weighted by Crippen LogP contribution is -2.18. The van der Waals surface area contributed by atoms with Crippen LogP contribution in [0.3, 0.4) is 0 Å². The van der Waals surface area contributed by atoms with Crippen molar-refractivity contribution in [2.75, 3.05) is 13.7 Å². The van der Waals surface area contributed by atoms with Gasteiger partial charge in [0.05, 0.1) is 10.9 Å². The molecule has 3 nitrogen and oxygen atoms in total. The molecule has 1 atom stereocenters. The first-order valence-corrected chi connectivity index (χ1v) is 5.28. The Balaban J connectivity index is 2.50. The van der Waals surface area contributed by atoms with Crippen LogP contribution in [-0.2, 0) is 9.47 Å².